The molecular formula is C12H20O2P+. The molecule has 0 bridgehead atoms. The minimum Gasteiger partial charge on any atom is -0.466 e. The van der Waals surface area contributed by atoms with Gasteiger partial charge in [-0.3, -0.25) is 0 Å². The minimum atomic E-state index is -0.293. The molecule has 84 valence electrons. The summed E-state index contributed by atoms with van der Waals surface area (Å²) in [5.41, 5.74) is 1.34. The SMILES string of the molecule is C=[P+](C)C=C(C)C(C)CC=CC(=O)OC. The summed E-state index contributed by atoms with van der Waals surface area (Å²) in [4.78, 5) is 10.8. The smallest absolute Gasteiger partial charge is 0.330 e. The van der Waals surface area contributed by atoms with E-state index in [0.29, 0.717) is 5.92 Å². The van der Waals surface area contributed by atoms with Crippen LogP contribution in [0.15, 0.2) is 23.5 Å². The Kier molecular flexibility index (Phi) is 6.98. The van der Waals surface area contributed by atoms with E-state index in [-0.39, 0.29) is 13.5 Å². The molecule has 0 aliphatic carbocycles. The van der Waals surface area contributed by atoms with Crippen molar-refractivity contribution in [1.82, 2.24) is 0 Å². The molecule has 0 N–H and O–H groups in total. The second-order valence-corrected chi connectivity index (χ2v) is 5.46. The number of ether oxygens (including phenoxy) is 1. The van der Waals surface area contributed by atoms with E-state index in [1.165, 1.54) is 18.8 Å². The molecular weight excluding hydrogens is 207 g/mol. The maximum Gasteiger partial charge on any atom is 0.330 e. The maximum absolute atomic E-state index is 10.8. The third kappa shape index (κ3) is 7.10. The van der Waals surface area contributed by atoms with Crippen molar-refractivity contribution in [3.8, 4) is 0 Å². The van der Waals surface area contributed by atoms with Gasteiger partial charge in [0.1, 0.15) is 20.0 Å². The van der Waals surface area contributed by atoms with Crippen molar-refractivity contribution in [2.24, 2.45) is 5.92 Å². The number of allylic oxidation sites excluding steroid dienone is 2. The van der Waals surface area contributed by atoms with Crippen molar-refractivity contribution in [2.45, 2.75) is 20.3 Å². The Morgan fingerprint density at radius 2 is 2.20 bits per heavy atom. The summed E-state index contributed by atoms with van der Waals surface area (Å²) in [5.74, 6) is 2.38. The second-order valence-electron chi connectivity index (χ2n) is 3.69. The predicted molar refractivity (Wildman–Crippen MR) is 68.7 cm³/mol. The Hall–Kier alpha value is -0.880. The molecule has 0 radical (unpaired) electrons. The van der Waals surface area contributed by atoms with E-state index < -0.39 is 0 Å². The molecule has 0 aromatic rings. The first-order chi connectivity index (χ1) is 6.97. The number of hydrogen-bond donors (Lipinski definition) is 0. The molecule has 0 aliphatic heterocycles. The van der Waals surface area contributed by atoms with Gasteiger partial charge in [-0.15, -0.1) is 0 Å². The van der Waals surface area contributed by atoms with Crippen molar-refractivity contribution in [2.75, 3.05) is 13.8 Å². The summed E-state index contributed by atoms with van der Waals surface area (Å²) in [6.45, 7) is 6.38. The standard InChI is InChI=1S/C12H20O2P/c1-10(11(2)9-15(4)5)7-6-8-12(13)14-3/h6,8-10H,4,7H2,1-3,5H3/q+1. The predicted octanol–water partition coefficient (Wildman–Crippen LogP) is 3.19. The Labute approximate surface area is 93.4 Å². The molecule has 0 saturated heterocycles. The normalized spacial score (nSPS) is 15.2. The van der Waals surface area contributed by atoms with Crippen LogP contribution >= 0.6 is 7.55 Å². The summed E-state index contributed by atoms with van der Waals surface area (Å²) in [5, 5.41) is 0. The van der Waals surface area contributed by atoms with Gasteiger partial charge >= 0.3 is 5.97 Å². The summed E-state index contributed by atoms with van der Waals surface area (Å²) < 4.78 is 4.51. The first kappa shape index (κ1) is 14.1. The molecule has 0 saturated carbocycles. The Morgan fingerprint density at radius 1 is 1.60 bits per heavy atom. The van der Waals surface area contributed by atoms with Crippen LogP contribution in [-0.4, -0.2) is 26.0 Å². The Balaban J connectivity index is 4.14. The molecule has 0 aliphatic rings. The molecule has 15 heavy (non-hydrogen) atoms. The van der Waals surface area contributed by atoms with Crippen LogP contribution in [0.25, 0.3) is 0 Å². The minimum absolute atomic E-state index is 0.231. The van der Waals surface area contributed by atoms with Crippen molar-refractivity contribution in [3.05, 3.63) is 23.5 Å². The molecule has 0 aromatic carbocycles. The third-order valence-corrected chi connectivity index (χ3v) is 2.99. The van der Waals surface area contributed by atoms with Crippen LogP contribution in [0.4, 0.5) is 0 Å². The van der Waals surface area contributed by atoms with Gasteiger partial charge in [0.25, 0.3) is 0 Å². The molecule has 2 atom stereocenters. The monoisotopic (exact) mass is 227 g/mol. The van der Waals surface area contributed by atoms with Crippen molar-refractivity contribution >= 4 is 19.8 Å². The summed E-state index contributed by atoms with van der Waals surface area (Å²) in [7, 11) is 1.15. The average Bonchev–Trinajstić information content (AvgIpc) is 2.16. The quantitative estimate of drug-likeness (QED) is 0.409. The zero-order valence-corrected chi connectivity index (χ0v) is 10.9. The lowest BCUT2D eigenvalue weighted by atomic mass is 10.0. The fourth-order valence-corrected chi connectivity index (χ4v) is 2.05. The highest BCUT2D eigenvalue weighted by molar-refractivity contribution is 7.58. The molecule has 2 nitrogen and oxygen atoms in total. The van der Waals surface area contributed by atoms with Crippen LogP contribution in [0.3, 0.4) is 0 Å². The van der Waals surface area contributed by atoms with Crippen LogP contribution in [0, 0.1) is 5.92 Å². The Bertz CT molecular complexity index is 290. The number of methoxy groups -OCH3 is 1. The lowest BCUT2D eigenvalue weighted by Gasteiger charge is -2.06. The molecule has 0 spiro atoms. The number of carbonyl (C=O) groups excluding carboxylic acids is 1. The summed E-state index contributed by atoms with van der Waals surface area (Å²) >= 11 is 0. The second kappa shape index (κ2) is 7.42. The number of rotatable bonds is 5. The first-order valence-corrected chi connectivity index (χ1v) is 6.97. The van der Waals surface area contributed by atoms with E-state index in [1.54, 1.807) is 0 Å². The molecule has 0 rings (SSSR count). The van der Waals surface area contributed by atoms with E-state index in [0.717, 1.165) is 6.42 Å². The molecule has 0 amide bonds. The van der Waals surface area contributed by atoms with Crippen molar-refractivity contribution in [1.29, 1.82) is 0 Å². The lowest BCUT2D eigenvalue weighted by Crippen LogP contribution is -1.97. The van der Waals surface area contributed by atoms with Crippen LogP contribution in [0.2, 0.25) is 0 Å². The van der Waals surface area contributed by atoms with Gasteiger partial charge in [0, 0.05) is 6.08 Å². The summed E-state index contributed by atoms with van der Waals surface area (Å²) in [6, 6.07) is 0. The molecule has 2 unspecified atom stereocenters. The zero-order chi connectivity index (χ0) is 11.8. The van der Waals surface area contributed by atoms with Crippen LogP contribution in [-0.2, 0) is 9.53 Å². The fourth-order valence-electron chi connectivity index (χ4n) is 1.10. The topological polar surface area (TPSA) is 26.3 Å². The highest BCUT2D eigenvalue weighted by Crippen LogP contribution is 2.23. The fraction of sp³-hybridized carbons (Fsp3) is 0.500. The molecule has 0 heterocycles. The van der Waals surface area contributed by atoms with E-state index in [9.17, 15) is 4.79 Å². The van der Waals surface area contributed by atoms with Crippen LogP contribution in [0.5, 0.6) is 0 Å². The van der Waals surface area contributed by atoms with Gasteiger partial charge in [-0.1, -0.05) is 13.0 Å². The van der Waals surface area contributed by atoms with Gasteiger partial charge in [0.15, 0.2) is 0 Å². The van der Waals surface area contributed by atoms with E-state index >= 15 is 0 Å². The van der Waals surface area contributed by atoms with Crippen LogP contribution < -0.4 is 0 Å². The first-order valence-electron chi connectivity index (χ1n) is 4.93. The Morgan fingerprint density at radius 3 is 2.67 bits per heavy atom. The van der Waals surface area contributed by atoms with Gasteiger partial charge in [0.05, 0.1) is 13.4 Å². The molecule has 0 fully saturated rings. The summed E-state index contributed by atoms with van der Waals surface area (Å²) in [6.07, 6.45) is 8.17. The number of hydrogen-bond acceptors (Lipinski definition) is 2. The largest absolute Gasteiger partial charge is 0.466 e. The lowest BCUT2D eigenvalue weighted by molar-refractivity contribution is -0.134. The zero-order valence-electron chi connectivity index (χ0n) is 9.99. The van der Waals surface area contributed by atoms with Gasteiger partial charge in [0.2, 0.25) is 0 Å². The van der Waals surface area contributed by atoms with Gasteiger partial charge in [-0.2, -0.15) is 0 Å². The van der Waals surface area contributed by atoms with Crippen LogP contribution in [0.1, 0.15) is 20.3 Å². The molecule has 3 heteroatoms. The highest BCUT2D eigenvalue weighted by atomic mass is 31.1. The van der Waals surface area contributed by atoms with Gasteiger partial charge < -0.3 is 4.74 Å². The highest BCUT2D eigenvalue weighted by Gasteiger charge is 2.05. The van der Waals surface area contributed by atoms with E-state index in [2.05, 4.69) is 37.4 Å². The average molecular weight is 227 g/mol. The third-order valence-electron chi connectivity index (χ3n) is 2.15. The van der Waals surface area contributed by atoms with E-state index in [4.69, 9.17) is 0 Å². The number of esters is 1. The molecule has 0 aromatic heterocycles. The van der Waals surface area contributed by atoms with Gasteiger partial charge in [-0.05, 0) is 24.8 Å². The van der Waals surface area contributed by atoms with Crippen molar-refractivity contribution in [3.63, 3.8) is 0 Å². The van der Waals surface area contributed by atoms with Gasteiger partial charge in [-0.25, -0.2) is 4.79 Å². The number of carbonyl (C=O) groups is 1. The van der Waals surface area contributed by atoms with E-state index in [1.807, 2.05) is 6.08 Å². The maximum atomic E-state index is 10.8. The van der Waals surface area contributed by atoms with Crippen molar-refractivity contribution < 1.29 is 9.53 Å².